The van der Waals surface area contributed by atoms with Crippen LogP contribution in [0.25, 0.3) is 11.1 Å². The van der Waals surface area contributed by atoms with Crippen molar-refractivity contribution in [2.24, 2.45) is 0 Å². The largest absolute Gasteiger partial charge is 0.334 e. The van der Waals surface area contributed by atoms with Gasteiger partial charge in [-0.3, -0.25) is 0 Å². The zero-order valence-corrected chi connectivity index (χ0v) is 44.5. The van der Waals surface area contributed by atoms with Gasteiger partial charge in [-0.15, -0.1) is 0 Å². The van der Waals surface area contributed by atoms with Crippen LogP contribution in [0.4, 0.5) is 45.5 Å². The average molecular weight is 940 g/mol. The molecule has 4 aliphatic rings. The first-order valence-corrected chi connectivity index (χ1v) is 26.7. The molecule has 2 unspecified atom stereocenters. The number of aryl methyl sites for hydroxylation is 1. The highest BCUT2D eigenvalue weighted by Crippen LogP contribution is 2.64. The Balaban J connectivity index is 1.14. The number of rotatable bonds is 5. The monoisotopic (exact) mass is 940 g/mol. The molecule has 4 heteroatoms. The second-order valence-corrected chi connectivity index (χ2v) is 24.8. The number of nitrogens with zero attached hydrogens (tertiary/aromatic N) is 3. The third-order valence-electron chi connectivity index (χ3n) is 17.3. The van der Waals surface area contributed by atoms with E-state index in [0.717, 1.165) is 12.8 Å². The molecule has 3 heterocycles. The van der Waals surface area contributed by atoms with Crippen molar-refractivity contribution in [2.75, 3.05) is 14.7 Å². The van der Waals surface area contributed by atoms with Crippen LogP contribution >= 0.6 is 0 Å². The lowest BCUT2D eigenvalue weighted by atomic mass is 9.33. The van der Waals surface area contributed by atoms with Crippen molar-refractivity contribution in [3.8, 4) is 11.1 Å². The maximum absolute atomic E-state index is 2.77. The lowest BCUT2D eigenvalue weighted by Crippen LogP contribution is -2.61. The molecule has 0 bridgehead atoms. The molecule has 8 aromatic carbocycles. The summed E-state index contributed by atoms with van der Waals surface area (Å²) in [6.07, 6.45) is 4.67. The predicted octanol–water partition coefficient (Wildman–Crippen LogP) is 16.4. The molecule has 0 radical (unpaired) electrons. The fourth-order valence-electron chi connectivity index (χ4n) is 13.5. The van der Waals surface area contributed by atoms with Crippen molar-refractivity contribution in [3.05, 3.63) is 209 Å². The fourth-order valence-corrected chi connectivity index (χ4v) is 13.5. The molecular formula is C68H70BN3. The zero-order chi connectivity index (χ0) is 50.1. The van der Waals surface area contributed by atoms with E-state index < -0.39 is 0 Å². The van der Waals surface area contributed by atoms with Crippen molar-refractivity contribution in [1.82, 2.24) is 0 Å². The van der Waals surface area contributed by atoms with Gasteiger partial charge in [0.1, 0.15) is 0 Å². The Hall–Kier alpha value is -6.78. The van der Waals surface area contributed by atoms with Crippen LogP contribution < -0.4 is 31.1 Å². The number of anilines is 8. The first-order valence-electron chi connectivity index (χ1n) is 26.7. The third kappa shape index (κ3) is 6.98. The molecule has 0 spiro atoms. The number of benzene rings is 8. The summed E-state index contributed by atoms with van der Waals surface area (Å²) in [6, 6.07) is 68.5. The standard InChI is InChI=1S/C68H70BN3/c1-45-40-61-63-62(41-45)71(57-36-30-49(65(5,6)7)42-53(57)46-22-14-12-15-23-46)59-37-31-50(66(8,9)10)43-56(59)69(63)55-35-34-52(44-60(55)70(61)51-32-28-47(29-33-51)64(2,3)4)72-58-27-19-18-26-54(58)68(48-24-16-13-17-25-48)39-21-20-38-67(68,72)11/h12-19,22-37,40-44H,20-21,38-39H2,1-11H3. The first-order chi connectivity index (χ1) is 34.4. The summed E-state index contributed by atoms with van der Waals surface area (Å²) in [5.74, 6) is 0. The van der Waals surface area contributed by atoms with Crippen LogP contribution in [0.2, 0.25) is 0 Å². The molecule has 1 saturated carbocycles. The Labute approximate surface area is 430 Å². The molecule has 0 N–H and O–H groups in total. The molecule has 12 rings (SSSR count). The van der Waals surface area contributed by atoms with Gasteiger partial charge in [0.15, 0.2) is 0 Å². The van der Waals surface area contributed by atoms with Crippen LogP contribution in [0.3, 0.4) is 0 Å². The highest BCUT2D eigenvalue weighted by atomic mass is 15.3. The molecule has 1 fully saturated rings. The zero-order valence-electron chi connectivity index (χ0n) is 44.5. The maximum Gasteiger partial charge on any atom is 0.252 e. The van der Waals surface area contributed by atoms with Crippen LogP contribution in [-0.2, 0) is 21.7 Å². The minimum atomic E-state index is -0.182. The summed E-state index contributed by atoms with van der Waals surface area (Å²) in [4.78, 5) is 8.02. The molecule has 3 nitrogen and oxygen atoms in total. The summed E-state index contributed by atoms with van der Waals surface area (Å²) in [6.45, 7) is 25.9. The highest BCUT2D eigenvalue weighted by Gasteiger charge is 2.61. The van der Waals surface area contributed by atoms with E-state index in [1.165, 1.54) is 119 Å². The van der Waals surface area contributed by atoms with Gasteiger partial charge in [0.25, 0.3) is 6.71 Å². The molecular weight excluding hydrogens is 870 g/mol. The Bertz CT molecular complexity index is 3410. The van der Waals surface area contributed by atoms with Crippen LogP contribution in [-0.4, -0.2) is 12.3 Å². The lowest BCUT2D eigenvalue weighted by Gasteiger charge is -2.52. The first kappa shape index (κ1) is 46.3. The molecule has 3 aliphatic heterocycles. The van der Waals surface area contributed by atoms with Crippen molar-refractivity contribution < 1.29 is 0 Å². The van der Waals surface area contributed by atoms with Crippen LogP contribution in [0, 0.1) is 6.92 Å². The Morgan fingerprint density at radius 1 is 0.444 bits per heavy atom. The number of hydrogen-bond acceptors (Lipinski definition) is 3. The van der Waals surface area contributed by atoms with E-state index in [0.29, 0.717) is 0 Å². The normalized spacial score (nSPS) is 19.1. The molecule has 0 saturated heterocycles. The minimum absolute atomic E-state index is 0.00753. The summed E-state index contributed by atoms with van der Waals surface area (Å²) < 4.78 is 0. The van der Waals surface area contributed by atoms with E-state index in [1.54, 1.807) is 0 Å². The lowest BCUT2D eigenvalue weighted by molar-refractivity contribution is 0.215. The average Bonchev–Trinajstić information content (AvgIpc) is 3.61. The van der Waals surface area contributed by atoms with E-state index in [4.69, 9.17) is 0 Å². The molecule has 72 heavy (non-hydrogen) atoms. The SMILES string of the molecule is Cc1cc2c3c(c1)N(c1ccc(C(C)(C)C)cc1-c1ccccc1)c1ccc(C(C)(C)C)cc1B3c1ccc(N3c4ccccc4C4(c5ccccc5)CCCCC34C)cc1N2c1ccc(C(C)(C)C)cc1. The number of fused-ring (bicyclic) bond motifs is 7. The van der Waals surface area contributed by atoms with Crippen LogP contribution in [0.5, 0.6) is 0 Å². The summed E-state index contributed by atoms with van der Waals surface area (Å²) >= 11 is 0. The maximum atomic E-state index is 2.77. The van der Waals surface area contributed by atoms with E-state index in [-0.39, 0.29) is 33.9 Å². The Morgan fingerprint density at radius 2 is 1.01 bits per heavy atom. The predicted molar refractivity (Wildman–Crippen MR) is 309 cm³/mol. The summed E-state index contributed by atoms with van der Waals surface area (Å²) in [5, 5.41) is 0. The van der Waals surface area contributed by atoms with Gasteiger partial charge in [0, 0.05) is 50.8 Å². The second-order valence-electron chi connectivity index (χ2n) is 24.8. The molecule has 360 valence electrons. The van der Waals surface area contributed by atoms with E-state index in [9.17, 15) is 0 Å². The van der Waals surface area contributed by atoms with Crippen molar-refractivity contribution >= 4 is 68.6 Å². The van der Waals surface area contributed by atoms with Crippen molar-refractivity contribution in [1.29, 1.82) is 0 Å². The van der Waals surface area contributed by atoms with Crippen molar-refractivity contribution in [2.45, 2.75) is 129 Å². The molecule has 1 aliphatic carbocycles. The topological polar surface area (TPSA) is 9.72 Å². The van der Waals surface area contributed by atoms with Gasteiger partial charge < -0.3 is 14.7 Å². The summed E-state index contributed by atoms with van der Waals surface area (Å²) in [5.41, 5.74) is 24.2. The van der Waals surface area contributed by atoms with E-state index in [2.05, 4.69) is 267 Å². The van der Waals surface area contributed by atoms with Gasteiger partial charge in [-0.05, 0) is 159 Å². The van der Waals surface area contributed by atoms with Gasteiger partial charge in [-0.25, -0.2) is 0 Å². The van der Waals surface area contributed by atoms with Crippen LogP contribution in [0.1, 0.15) is 128 Å². The second kappa shape index (κ2) is 16.4. The highest BCUT2D eigenvalue weighted by molar-refractivity contribution is 7.00. The van der Waals surface area contributed by atoms with E-state index in [1.807, 2.05) is 0 Å². The third-order valence-corrected chi connectivity index (χ3v) is 17.3. The van der Waals surface area contributed by atoms with Gasteiger partial charge in [0.05, 0.1) is 11.2 Å². The quantitative estimate of drug-likeness (QED) is 0.159. The van der Waals surface area contributed by atoms with Gasteiger partial charge in [-0.1, -0.05) is 190 Å². The molecule has 2 atom stereocenters. The number of para-hydroxylation sites is 1. The number of hydrogen-bond donors (Lipinski definition) is 0. The van der Waals surface area contributed by atoms with Crippen LogP contribution in [0.15, 0.2) is 176 Å². The molecule has 0 aromatic heterocycles. The van der Waals surface area contributed by atoms with Gasteiger partial charge >= 0.3 is 0 Å². The Kier molecular flexibility index (Phi) is 10.5. The van der Waals surface area contributed by atoms with E-state index >= 15 is 0 Å². The smallest absolute Gasteiger partial charge is 0.252 e. The minimum Gasteiger partial charge on any atom is -0.334 e. The Morgan fingerprint density at radius 3 is 1.69 bits per heavy atom. The van der Waals surface area contributed by atoms with Gasteiger partial charge in [0.2, 0.25) is 0 Å². The van der Waals surface area contributed by atoms with Gasteiger partial charge in [-0.2, -0.15) is 0 Å². The molecule has 0 amide bonds. The molecule has 8 aromatic rings. The van der Waals surface area contributed by atoms with Crippen molar-refractivity contribution in [3.63, 3.8) is 0 Å². The summed E-state index contributed by atoms with van der Waals surface area (Å²) in [7, 11) is 0. The fraction of sp³-hybridized carbons (Fsp3) is 0.294.